The Morgan fingerprint density at radius 2 is 2.21 bits per heavy atom. The third-order valence-electron chi connectivity index (χ3n) is 2.71. The number of hydrogen-bond donors (Lipinski definition) is 0. The van der Waals surface area contributed by atoms with E-state index in [0.717, 1.165) is 24.8 Å². The summed E-state index contributed by atoms with van der Waals surface area (Å²) in [7, 11) is 1.42. The molecular formula is C12H13O2. The smallest absolute Gasteiger partial charge is 0.338 e. The highest BCUT2D eigenvalue weighted by Gasteiger charge is 2.17. The second-order valence-corrected chi connectivity index (χ2v) is 3.56. The van der Waals surface area contributed by atoms with Gasteiger partial charge in [0.2, 0.25) is 0 Å². The number of carbonyl (C=O) groups excluding carboxylic acids is 1. The van der Waals surface area contributed by atoms with Gasteiger partial charge < -0.3 is 4.74 Å². The predicted molar refractivity (Wildman–Crippen MR) is 53.3 cm³/mol. The lowest BCUT2D eigenvalue weighted by atomic mass is 9.88. The standard InChI is InChI=1S/C12H13O2/c1-14-12(13)11-8-4-6-9-5-2-3-7-10(9)11/h4,6H,2-3,5,7H2,1H3. The Bertz CT molecular complexity index is 355. The molecule has 1 aliphatic carbocycles. The minimum absolute atomic E-state index is 0.260. The van der Waals surface area contributed by atoms with Crippen LogP contribution in [0.3, 0.4) is 0 Å². The first-order valence-corrected chi connectivity index (χ1v) is 4.93. The van der Waals surface area contributed by atoms with Gasteiger partial charge in [-0.25, -0.2) is 4.79 Å². The van der Waals surface area contributed by atoms with E-state index >= 15 is 0 Å². The Kier molecular flexibility index (Phi) is 2.53. The SMILES string of the molecule is COC(=O)c1[c]ccc2c1CCCC2. The first-order chi connectivity index (χ1) is 6.83. The third kappa shape index (κ3) is 1.52. The molecule has 73 valence electrons. The molecule has 0 fully saturated rings. The minimum atomic E-state index is -0.260. The number of carbonyl (C=O) groups is 1. The summed E-state index contributed by atoms with van der Waals surface area (Å²) in [6.07, 6.45) is 4.44. The van der Waals surface area contributed by atoms with Crippen molar-refractivity contribution >= 4 is 5.97 Å². The number of esters is 1. The number of methoxy groups -OCH3 is 1. The van der Waals surface area contributed by atoms with Crippen LogP contribution in [0.5, 0.6) is 0 Å². The highest BCUT2D eigenvalue weighted by atomic mass is 16.5. The van der Waals surface area contributed by atoms with E-state index in [1.807, 2.05) is 6.07 Å². The Hall–Kier alpha value is -1.31. The van der Waals surface area contributed by atoms with Gasteiger partial charge in [0.05, 0.1) is 12.7 Å². The molecule has 1 aliphatic rings. The van der Waals surface area contributed by atoms with E-state index in [0.29, 0.717) is 5.56 Å². The lowest BCUT2D eigenvalue weighted by Crippen LogP contribution is -2.11. The molecule has 0 bridgehead atoms. The van der Waals surface area contributed by atoms with Crippen LogP contribution in [0.25, 0.3) is 0 Å². The van der Waals surface area contributed by atoms with Crippen molar-refractivity contribution in [2.45, 2.75) is 25.7 Å². The largest absolute Gasteiger partial charge is 0.465 e. The molecule has 0 unspecified atom stereocenters. The lowest BCUT2D eigenvalue weighted by molar-refractivity contribution is 0.0598. The molecule has 2 nitrogen and oxygen atoms in total. The van der Waals surface area contributed by atoms with E-state index in [1.165, 1.54) is 19.1 Å². The van der Waals surface area contributed by atoms with E-state index in [-0.39, 0.29) is 5.97 Å². The van der Waals surface area contributed by atoms with Crippen LogP contribution in [0.15, 0.2) is 12.1 Å². The summed E-state index contributed by atoms with van der Waals surface area (Å²) in [5.74, 6) is -0.260. The fraction of sp³-hybridized carbons (Fsp3) is 0.417. The first-order valence-electron chi connectivity index (χ1n) is 4.93. The van der Waals surface area contributed by atoms with Crippen molar-refractivity contribution < 1.29 is 9.53 Å². The van der Waals surface area contributed by atoms with Crippen molar-refractivity contribution in [3.8, 4) is 0 Å². The van der Waals surface area contributed by atoms with Crippen molar-refractivity contribution in [1.29, 1.82) is 0 Å². The summed E-state index contributed by atoms with van der Waals surface area (Å²) in [6, 6.07) is 6.85. The van der Waals surface area contributed by atoms with E-state index < -0.39 is 0 Å². The van der Waals surface area contributed by atoms with E-state index in [2.05, 4.69) is 12.1 Å². The van der Waals surface area contributed by atoms with Gasteiger partial charge in [-0.3, -0.25) is 0 Å². The Labute approximate surface area is 83.9 Å². The molecule has 0 heterocycles. The molecule has 2 heteroatoms. The van der Waals surface area contributed by atoms with Crippen LogP contribution in [-0.2, 0) is 17.6 Å². The van der Waals surface area contributed by atoms with Gasteiger partial charge in [-0.1, -0.05) is 12.1 Å². The van der Waals surface area contributed by atoms with Crippen molar-refractivity contribution in [3.05, 3.63) is 34.9 Å². The molecule has 2 rings (SSSR count). The highest BCUT2D eigenvalue weighted by molar-refractivity contribution is 5.91. The number of benzene rings is 1. The number of hydrogen-bond acceptors (Lipinski definition) is 2. The topological polar surface area (TPSA) is 26.3 Å². The van der Waals surface area contributed by atoms with E-state index in [9.17, 15) is 4.79 Å². The molecule has 14 heavy (non-hydrogen) atoms. The van der Waals surface area contributed by atoms with Crippen LogP contribution in [0.4, 0.5) is 0 Å². The van der Waals surface area contributed by atoms with Crippen LogP contribution in [-0.4, -0.2) is 13.1 Å². The molecule has 0 spiro atoms. The average molecular weight is 189 g/mol. The number of rotatable bonds is 1. The summed E-state index contributed by atoms with van der Waals surface area (Å²) >= 11 is 0. The summed E-state index contributed by atoms with van der Waals surface area (Å²) in [5.41, 5.74) is 3.06. The Morgan fingerprint density at radius 3 is 3.00 bits per heavy atom. The van der Waals surface area contributed by atoms with Crippen molar-refractivity contribution in [1.82, 2.24) is 0 Å². The first kappa shape index (κ1) is 9.25. The summed E-state index contributed by atoms with van der Waals surface area (Å²) < 4.78 is 4.73. The minimum Gasteiger partial charge on any atom is -0.465 e. The van der Waals surface area contributed by atoms with Gasteiger partial charge in [-0.15, -0.1) is 0 Å². The van der Waals surface area contributed by atoms with Gasteiger partial charge in [0.25, 0.3) is 0 Å². The molecule has 0 aromatic heterocycles. The fourth-order valence-corrected chi connectivity index (χ4v) is 2.00. The van der Waals surface area contributed by atoms with Crippen LogP contribution < -0.4 is 0 Å². The maximum atomic E-state index is 11.4. The fourth-order valence-electron chi connectivity index (χ4n) is 2.00. The molecule has 1 aromatic rings. The average Bonchev–Trinajstić information content (AvgIpc) is 2.27. The van der Waals surface area contributed by atoms with Gasteiger partial charge >= 0.3 is 5.97 Å². The van der Waals surface area contributed by atoms with Crippen molar-refractivity contribution in [2.75, 3.05) is 7.11 Å². The predicted octanol–water partition coefficient (Wildman–Crippen LogP) is 2.15. The zero-order valence-electron chi connectivity index (χ0n) is 8.30. The molecular weight excluding hydrogens is 176 g/mol. The quantitative estimate of drug-likeness (QED) is 0.633. The van der Waals surface area contributed by atoms with E-state index in [1.54, 1.807) is 0 Å². The molecule has 0 atom stereocenters. The Balaban J connectivity index is 2.45. The molecule has 1 radical (unpaired) electrons. The van der Waals surface area contributed by atoms with Crippen LogP contribution in [0, 0.1) is 6.07 Å². The monoisotopic (exact) mass is 189 g/mol. The molecule has 1 aromatic carbocycles. The molecule has 0 amide bonds. The van der Waals surface area contributed by atoms with E-state index in [4.69, 9.17) is 4.74 Å². The maximum absolute atomic E-state index is 11.4. The van der Waals surface area contributed by atoms with Crippen molar-refractivity contribution in [2.24, 2.45) is 0 Å². The van der Waals surface area contributed by atoms with Gasteiger partial charge in [-0.05, 0) is 42.9 Å². The normalized spacial score (nSPS) is 14.6. The van der Waals surface area contributed by atoms with Gasteiger partial charge in [0, 0.05) is 0 Å². The summed E-state index contributed by atoms with van der Waals surface area (Å²) in [6.45, 7) is 0. The number of aryl methyl sites for hydroxylation is 1. The van der Waals surface area contributed by atoms with Gasteiger partial charge in [0.15, 0.2) is 0 Å². The summed E-state index contributed by atoms with van der Waals surface area (Å²) in [5, 5.41) is 0. The molecule has 0 aliphatic heterocycles. The molecule has 0 saturated heterocycles. The van der Waals surface area contributed by atoms with Gasteiger partial charge in [0.1, 0.15) is 0 Å². The second kappa shape index (κ2) is 3.82. The Morgan fingerprint density at radius 1 is 1.43 bits per heavy atom. The highest BCUT2D eigenvalue weighted by Crippen LogP contribution is 2.24. The van der Waals surface area contributed by atoms with Gasteiger partial charge in [-0.2, -0.15) is 0 Å². The van der Waals surface area contributed by atoms with Crippen LogP contribution in [0.1, 0.15) is 34.3 Å². The number of ether oxygens (including phenoxy) is 1. The number of fused-ring (bicyclic) bond motifs is 1. The molecule has 0 saturated carbocycles. The zero-order chi connectivity index (χ0) is 9.97. The van der Waals surface area contributed by atoms with Crippen molar-refractivity contribution in [3.63, 3.8) is 0 Å². The second-order valence-electron chi connectivity index (χ2n) is 3.56. The summed E-state index contributed by atoms with van der Waals surface area (Å²) in [4.78, 5) is 11.4. The lowest BCUT2D eigenvalue weighted by Gasteiger charge is -2.17. The third-order valence-corrected chi connectivity index (χ3v) is 2.71. The molecule has 0 N–H and O–H groups in total. The zero-order valence-corrected chi connectivity index (χ0v) is 8.30. The van der Waals surface area contributed by atoms with Crippen LogP contribution in [0.2, 0.25) is 0 Å². The van der Waals surface area contributed by atoms with Crippen LogP contribution >= 0.6 is 0 Å². The maximum Gasteiger partial charge on any atom is 0.338 e.